The van der Waals surface area contributed by atoms with Crippen LogP contribution in [0.2, 0.25) is 0 Å². The molecule has 0 aromatic rings. The molecule has 2 nitrogen and oxygen atoms in total. The minimum Gasteiger partial charge on any atom is -0.445 e. The molecule has 0 N–H and O–H groups in total. The number of cyclic esters (lactones) is 1. The number of carbonyl (C=O) groups excluding carboxylic acids is 1. The van der Waals surface area contributed by atoms with Gasteiger partial charge >= 0.3 is 12.1 Å². The highest BCUT2D eigenvalue weighted by Gasteiger charge is 2.45. The normalized spacial score (nSPS) is 23.4. The molecule has 0 saturated carbocycles. The lowest BCUT2D eigenvalue weighted by molar-refractivity contribution is -0.201. The Labute approximate surface area is 73.4 Å². The lowest BCUT2D eigenvalue weighted by atomic mass is 10.0. The summed E-state index contributed by atoms with van der Waals surface area (Å²) in [6.45, 7) is 3.29. The molecule has 1 rings (SSSR count). The Morgan fingerprint density at radius 3 is 2.23 bits per heavy atom. The molecule has 1 aliphatic heterocycles. The molecule has 0 bridgehead atoms. The SMILES string of the molecule is CC(C)C1=CC(C(F)(F)F)OC1=O. The Bertz CT molecular complexity index is 253. The van der Waals surface area contributed by atoms with Gasteiger partial charge in [0, 0.05) is 5.57 Å². The highest BCUT2D eigenvalue weighted by molar-refractivity contribution is 5.91. The lowest BCUT2D eigenvalue weighted by Gasteiger charge is -2.11. The van der Waals surface area contributed by atoms with Gasteiger partial charge in [0.15, 0.2) is 0 Å². The highest BCUT2D eigenvalue weighted by Crippen LogP contribution is 2.31. The first-order valence-corrected chi connectivity index (χ1v) is 3.81. The molecule has 74 valence electrons. The monoisotopic (exact) mass is 194 g/mol. The predicted molar refractivity (Wildman–Crippen MR) is 38.9 cm³/mol. The third kappa shape index (κ3) is 2.02. The van der Waals surface area contributed by atoms with Gasteiger partial charge in [-0.05, 0) is 12.0 Å². The van der Waals surface area contributed by atoms with Crippen molar-refractivity contribution in [3.63, 3.8) is 0 Å². The molecule has 0 spiro atoms. The topological polar surface area (TPSA) is 26.3 Å². The van der Waals surface area contributed by atoms with Crippen molar-refractivity contribution in [3.05, 3.63) is 11.6 Å². The molecule has 0 aliphatic carbocycles. The molecular weight excluding hydrogens is 185 g/mol. The van der Waals surface area contributed by atoms with Gasteiger partial charge in [0.2, 0.25) is 6.10 Å². The van der Waals surface area contributed by atoms with E-state index in [1.165, 1.54) is 0 Å². The minimum atomic E-state index is -4.49. The van der Waals surface area contributed by atoms with Crippen molar-refractivity contribution in [2.45, 2.75) is 26.1 Å². The van der Waals surface area contributed by atoms with E-state index in [9.17, 15) is 18.0 Å². The van der Waals surface area contributed by atoms with Crippen LogP contribution in [0.4, 0.5) is 13.2 Å². The van der Waals surface area contributed by atoms with Gasteiger partial charge in [0.05, 0.1) is 0 Å². The van der Waals surface area contributed by atoms with Crippen LogP contribution in [0.1, 0.15) is 13.8 Å². The second-order valence-electron chi connectivity index (χ2n) is 3.14. The van der Waals surface area contributed by atoms with Crippen LogP contribution in [0.25, 0.3) is 0 Å². The molecule has 1 aliphatic rings. The van der Waals surface area contributed by atoms with Gasteiger partial charge < -0.3 is 4.74 Å². The van der Waals surface area contributed by atoms with Crippen molar-refractivity contribution in [1.29, 1.82) is 0 Å². The van der Waals surface area contributed by atoms with E-state index in [2.05, 4.69) is 4.74 Å². The van der Waals surface area contributed by atoms with Crippen molar-refractivity contribution in [3.8, 4) is 0 Å². The zero-order chi connectivity index (χ0) is 10.2. The van der Waals surface area contributed by atoms with E-state index >= 15 is 0 Å². The van der Waals surface area contributed by atoms with Crippen molar-refractivity contribution < 1.29 is 22.7 Å². The van der Waals surface area contributed by atoms with Crippen molar-refractivity contribution in [2.24, 2.45) is 5.92 Å². The first-order valence-electron chi connectivity index (χ1n) is 3.81. The number of alkyl halides is 3. The maximum absolute atomic E-state index is 12.0. The van der Waals surface area contributed by atoms with Gasteiger partial charge in [-0.3, -0.25) is 0 Å². The van der Waals surface area contributed by atoms with Gasteiger partial charge in [0.1, 0.15) is 0 Å². The zero-order valence-corrected chi connectivity index (χ0v) is 7.18. The fraction of sp³-hybridized carbons (Fsp3) is 0.625. The number of hydrogen-bond donors (Lipinski definition) is 0. The summed E-state index contributed by atoms with van der Waals surface area (Å²) in [5.41, 5.74) is 0.0994. The van der Waals surface area contributed by atoms with Crippen LogP contribution >= 0.6 is 0 Å². The summed E-state index contributed by atoms with van der Waals surface area (Å²) in [6, 6.07) is 0. The van der Waals surface area contributed by atoms with Crippen LogP contribution in [0.3, 0.4) is 0 Å². The maximum Gasteiger partial charge on any atom is 0.429 e. The second kappa shape index (κ2) is 3.05. The summed E-state index contributed by atoms with van der Waals surface area (Å²) in [4.78, 5) is 10.9. The summed E-state index contributed by atoms with van der Waals surface area (Å²) in [5, 5.41) is 0. The van der Waals surface area contributed by atoms with Crippen LogP contribution in [0.15, 0.2) is 11.6 Å². The Hall–Kier alpha value is -1.00. The molecule has 1 heterocycles. The summed E-state index contributed by atoms with van der Waals surface area (Å²) in [6.07, 6.45) is -5.71. The van der Waals surface area contributed by atoms with Crippen LogP contribution in [-0.2, 0) is 9.53 Å². The van der Waals surface area contributed by atoms with E-state index in [1.54, 1.807) is 13.8 Å². The maximum atomic E-state index is 12.0. The van der Waals surface area contributed by atoms with Crippen LogP contribution in [0.5, 0.6) is 0 Å². The average molecular weight is 194 g/mol. The van der Waals surface area contributed by atoms with Gasteiger partial charge in [-0.2, -0.15) is 13.2 Å². The predicted octanol–water partition coefficient (Wildman–Crippen LogP) is 2.06. The Balaban J connectivity index is 2.84. The lowest BCUT2D eigenvalue weighted by Crippen LogP contribution is -2.27. The Morgan fingerprint density at radius 2 is 2.00 bits per heavy atom. The molecule has 0 aromatic heterocycles. The number of carbonyl (C=O) groups is 1. The zero-order valence-electron chi connectivity index (χ0n) is 7.18. The highest BCUT2D eigenvalue weighted by atomic mass is 19.4. The van der Waals surface area contributed by atoms with Crippen molar-refractivity contribution in [1.82, 2.24) is 0 Å². The van der Waals surface area contributed by atoms with Crippen LogP contribution in [0, 0.1) is 5.92 Å². The van der Waals surface area contributed by atoms with E-state index in [0.717, 1.165) is 6.08 Å². The second-order valence-corrected chi connectivity index (χ2v) is 3.14. The smallest absolute Gasteiger partial charge is 0.429 e. The molecule has 0 fully saturated rings. The van der Waals surface area contributed by atoms with Crippen molar-refractivity contribution in [2.75, 3.05) is 0 Å². The van der Waals surface area contributed by atoms with Crippen LogP contribution in [-0.4, -0.2) is 18.2 Å². The van der Waals surface area contributed by atoms with Gasteiger partial charge in [-0.15, -0.1) is 0 Å². The minimum absolute atomic E-state index is 0.0994. The van der Waals surface area contributed by atoms with E-state index in [4.69, 9.17) is 0 Å². The standard InChI is InChI=1S/C8H9F3O2/c1-4(2)5-3-6(8(9,10)11)13-7(5)12/h3-4,6H,1-2H3. The molecule has 1 unspecified atom stereocenters. The largest absolute Gasteiger partial charge is 0.445 e. The summed E-state index contributed by atoms with van der Waals surface area (Å²) < 4.78 is 40.3. The molecule has 13 heavy (non-hydrogen) atoms. The molecule has 0 amide bonds. The number of rotatable bonds is 1. The van der Waals surface area contributed by atoms with E-state index < -0.39 is 18.2 Å². The number of halogens is 3. The first-order chi connectivity index (χ1) is 5.82. The molecule has 5 heteroatoms. The Morgan fingerprint density at radius 1 is 1.46 bits per heavy atom. The fourth-order valence-corrected chi connectivity index (χ4v) is 1.04. The average Bonchev–Trinajstić information content (AvgIpc) is 2.29. The van der Waals surface area contributed by atoms with Gasteiger partial charge in [0.25, 0.3) is 0 Å². The van der Waals surface area contributed by atoms with E-state index in [1.807, 2.05) is 0 Å². The Kier molecular flexibility index (Phi) is 2.36. The summed E-state index contributed by atoms with van der Waals surface area (Å²) in [7, 11) is 0. The quantitative estimate of drug-likeness (QED) is 0.597. The number of ether oxygens (including phenoxy) is 1. The van der Waals surface area contributed by atoms with E-state index in [-0.39, 0.29) is 11.5 Å². The molecule has 0 saturated heterocycles. The number of hydrogen-bond acceptors (Lipinski definition) is 2. The fourth-order valence-electron chi connectivity index (χ4n) is 1.04. The molecule has 0 radical (unpaired) electrons. The summed E-state index contributed by atoms with van der Waals surface area (Å²) in [5.74, 6) is -1.10. The third-order valence-electron chi connectivity index (χ3n) is 1.75. The molecule has 1 atom stereocenters. The van der Waals surface area contributed by atoms with Gasteiger partial charge in [-0.1, -0.05) is 13.8 Å². The third-order valence-corrected chi connectivity index (χ3v) is 1.75. The van der Waals surface area contributed by atoms with E-state index in [0.29, 0.717) is 0 Å². The molecule has 0 aromatic carbocycles. The summed E-state index contributed by atoms with van der Waals surface area (Å²) >= 11 is 0. The number of esters is 1. The van der Waals surface area contributed by atoms with Crippen LogP contribution < -0.4 is 0 Å². The molecular formula is C8H9F3O2. The van der Waals surface area contributed by atoms with Crippen molar-refractivity contribution >= 4 is 5.97 Å². The van der Waals surface area contributed by atoms with Gasteiger partial charge in [-0.25, -0.2) is 4.79 Å². The first kappa shape index (κ1) is 10.1.